The Balaban J connectivity index is 1.83. The number of benzene rings is 1. The van der Waals surface area contributed by atoms with E-state index in [9.17, 15) is 4.79 Å². The van der Waals surface area contributed by atoms with Gasteiger partial charge in [-0.15, -0.1) is 0 Å². The molecule has 0 saturated carbocycles. The van der Waals surface area contributed by atoms with Crippen molar-refractivity contribution in [2.75, 3.05) is 7.05 Å². The molecule has 4 heteroatoms. The van der Waals surface area contributed by atoms with Crippen LogP contribution in [0.2, 0.25) is 0 Å². The standard InChI is InChI=1S/C16H20N2OS/c1-12(9-14-7-8-20-11-14)18-10-13-3-5-15(6-4-13)16(19)17-2/h3-8,11-12,18H,9-10H2,1-2H3,(H,17,19). The van der Waals surface area contributed by atoms with Crippen molar-refractivity contribution >= 4 is 17.2 Å². The minimum atomic E-state index is -0.0460. The highest BCUT2D eigenvalue weighted by molar-refractivity contribution is 7.07. The Kier molecular flexibility index (Phi) is 5.32. The topological polar surface area (TPSA) is 41.1 Å². The van der Waals surface area contributed by atoms with Crippen LogP contribution in [0.1, 0.15) is 28.4 Å². The second kappa shape index (κ2) is 7.22. The van der Waals surface area contributed by atoms with Crippen molar-refractivity contribution in [1.82, 2.24) is 10.6 Å². The van der Waals surface area contributed by atoms with E-state index >= 15 is 0 Å². The largest absolute Gasteiger partial charge is 0.355 e. The van der Waals surface area contributed by atoms with Gasteiger partial charge in [0.15, 0.2) is 0 Å². The highest BCUT2D eigenvalue weighted by Gasteiger charge is 2.05. The molecule has 0 radical (unpaired) electrons. The van der Waals surface area contributed by atoms with Gasteiger partial charge in [0.1, 0.15) is 0 Å². The van der Waals surface area contributed by atoms with Crippen molar-refractivity contribution in [3.05, 3.63) is 57.8 Å². The van der Waals surface area contributed by atoms with Crippen LogP contribution in [0.3, 0.4) is 0 Å². The number of thiophene rings is 1. The summed E-state index contributed by atoms with van der Waals surface area (Å²) in [5.41, 5.74) is 3.27. The summed E-state index contributed by atoms with van der Waals surface area (Å²) in [6.45, 7) is 3.01. The van der Waals surface area contributed by atoms with Crippen LogP contribution < -0.4 is 10.6 Å². The Morgan fingerprint density at radius 3 is 2.55 bits per heavy atom. The average Bonchev–Trinajstić information content (AvgIpc) is 2.97. The number of hydrogen-bond acceptors (Lipinski definition) is 3. The first-order valence-corrected chi connectivity index (χ1v) is 7.69. The van der Waals surface area contributed by atoms with Crippen LogP contribution >= 0.6 is 11.3 Å². The van der Waals surface area contributed by atoms with Gasteiger partial charge in [-0.1, -0.05) is 12.1 Å². The Bertz CT molecular complexity index is 534. The van der Waals surface area contributed by atoms with Crippen molar-refractivity contribution in [3.8, 4) is 0 Å². The molecule has 0 saturated heterocycles. The summed E-state index contributed by atoms with van der Waals surface area (Å²) in [4.78, 5) is 11.4. The first kappa shape index (κ1) is 14.8. The lowest BCUT2D eigenvalue weighted by molar-refractivity contribution is 0.0963. The van der Waals surface area contributed by atoms with Crippen LogP contribution in [0, 0.1) is 0 Å². The number of rotatable bonds is 6. The molecule has 2 rings (SSSR count). The van der Waals surface area contributed by atoms with Gasteiger partial charge in [0.25, 0.3) is 5.91 Å². The predicted octanol–water partition coefficient (Wildman–Crippen LogP) is 2.83. The minimum Gasteiger partial charge on any atom is -0.355 e. The number of hydrogen-bond donors (Lipinski definition) is 2. The Morgan fingerprint density at radius 1 is 1.20 bits per heavy atom. The highest BCUT2D eigenvalue weighted by atomic mass is 32.1. The lowest BCUT2D eigenvalue weighted by Crippen LogP contribution is -2.27. The van der Waals surface area contributed by atoms with Gasteiger partial charge in [-0.2, -0.15) is 11.3 Å². The summed E-state index contributed by atoms with van der Waals surface area (Å²) in [5.74, 6) is -0.0460. The van der Waals surface area contributed by atoms with Gasteiger partial charge in [-0.05, 0) is 53.4 Å². The zero-order valence-corrected chi connectivity index (χ0v) is 12.7. The van der Waals surface area contributed by atoms with E-state index in [1.165, 1.54) is 11.1 Å². The molecule has 0 bridgehead atoms. The molecule has 2 N–H and O–H groups in total. The molecule has 0 fully saturated rings. The van der Waals surface area contributed by atoms with Gasteiger partial charge >= 0.3 is 0 Å². The molecule has 2 aromatic rings. The molecule has 3 nitrogen and oxygen atoms in total. The van der Waals surface area contributed by atoms with E-state index in [-0.39, 0.29) is 5.91 Å². The number of nitrogens with one attached hydrogen (secondary N) is 2. The van der Waals surface area contributed by atoms with E-state index in [4.69, 9.17) is 0 Å². The fraction of sp³-hybridized carbons (Fsp3) is 0.312. The van der Waals surface area contributed by atoms with E-state index in [0.717, 1.165) is 13.0 Å². The van der Waals surface area contributed by atoms with E-state index in [1.807, 2.05) is 24.3 Å². The molecule has 0 spiro atoms. The van der Waals surface area contributed by atoms with Crippen molar-refractivity contribution in [3.63, 3.8) is 0 Å². The fourth-order valence-electron chi connectivity index (χ4n) is 2.04. The van der Waals surface area contributed by atoms with Gasteiger partial charge < -0.3 is 10.6 Å². The van der Waals surface area contributed by atoms with Crippen LogP contribution in [-0.2, 0) is 13.0 Å². The van der Waals surface area contributed by atoms with Crippen molar-refractivity contribution in [2.45, 2.75) is 25.9 Å². The van der Waals surface area contributed by atoms with E-state index in [2.05, 4.69) is 34.4 Å². The lowest BCUT2D eigenvalue weighted by Gasteiger charge is -2.13. The number of carbonyl (C=O) groups is 1. The maximum absolute atomic E-state index is 11.4. The Labute approximate surface area is 124 Å². The predicted molar refractivity (Wildman–Crippen MR) is 84.2 cm³/mol. The van der Waals surface area contributed by atoms with Crippen molar-refractivity contribution in [1.29, 1.82) is 0 Å². The number of amides is 1. The van der Waals surface area contributed by atoms with Crippen molar-refractivity contribution in [2.24, 2.45) is 0 Å². The molecule has 1 aromatic heterocycles. The van der Waals surface area contributed by atoms with Gasteiger partial charge in [0.2, 0.25) is 0 Å². The average molecular weight is 288 g/mol. The van der Waals surface area contributed by atoms with Gasteiger partial charge in [-0.25, -0.2) is 0 Å². The van der Waals surface area contributed by atoms with Crippen LogP contribution in [-0.4, -0.2) is 19.0 Å². The SMILES string of the molecule is CNC(=O)c1ccc(CNC(C)Cc2ccsc2)cc1. The molecular weight excluding hydrogens is 268 g/mol. The third-order valence-corrected chi connectivity index (χ3v) is 3.95. The van der Waals surface area contributed by atoms with Crippen LogP contribution in [0.5, 0.6) is 0 Å². The third kappa shape index (κ3) is 4.18. The lowest BCUT2D eigenvalue weighted by atomic mass is 10.1. The maximum atomic E-state index is 11.4. The molecule has 0 aliphatic rings. The van der Waals surface area contributed by atoms with Crippen LogP contribution in [0.4, 0.5) is 0 Å². The van der Waals surface area contributed by atoms with E-state index in [1.54, 1.807) is 18.4 Å². The molecule has 0 aliphatic carbocycles. The number of carbonyl (C=O) groups excluding carboxylic acids is 1. The molecule has 1 aromatic carbocycles. The molecule has 106 valence electrons. The summed E-state index contributed by atoms with van der Waals surface area (Å²) >= 11 is 1.74. The third-order valence-electron chi connectivity index (χ3n) is 3.22. The summed E-state index contributed by atoms with van der Waals surface area (Å²) in [7, 11) is 1.64. The molecule has 20 heavy (non-hydrogen) atoms. The first-order valence-electron chi connectivity index (χ1n) is 6.74. The molecule has 1 amide bonds. The molecule has 1 unspecified atom stereocenters. The zero-order chi connectivity index (χ0) is 14.4. The second-order valence-electron chi connectivity index (χ2n) is 4.89. The first-order chi connectivity index (χ1) is 9.69. The highest BCUT2D eigenvalue weighted by Crippen LogP contribution is 2.09. The van der Waals surface area contributed by atoms with Crippen LogP contribution in [0.25, 0.3) is 0 Å². The molecule has 1 atom stereocenters. The van der Waals surface area contributed by atoms with Gasteiger partial charge in [0.05, 0.1) is 0 Å². The molecule has 0 aliphatic heterocycles. The summed E-state index contributed by atoms with van der Waals surface area (Å²) in [6, 6.07) is 10.3. The maximum Gasteiger partial charge on any atom is 0.251 e. The normalized spacial score (nSPS) is 12.1. The van der Waals surface area contributed by atoms with Gasteiger partial charge in [0, 0.05) is 25.2 Å². The monoisotopic (exact) mass is 288 g/mol. The van der Waals surface area contributed by atoms with Crippen molar-refractivity contribution < 1.29 is 4.79 Å². The van der Waals surface area contributed by atoms with E-state index < -0.39 is 0 Å². The Hall–Kier alpha value is -1.65. The fourth-order valence-corrected chi connectivity index (χ4v) is 2.73. The summed E-state index contributed by atoms with van der Waals surface area (Å²) in [5, 5.41) is 10.4. The quantitative estimate of drug-likeness (QED) is 0.858. The summed E-state index contributed by atoms with van der Waals surface area (Å²) in [6.07, 6.45) is 1.04. The van der Waals surface area contributed by atoms with Gasteiger partial charge in [-0.3, -0.25) is 4.79 Å². The summed E-state index contributed by atoms with van der Waals surface area (Å²) < 4.78 is 0. The second-order valence-corrected chi connectivity index (χ2v) is 5.67. The van der Waals surface area contributed by atoms with Crippen LogP contribution in [0.15, 0.2) is 41.1 Å². The molecular formula is C16H20N2OS. The van der Waals surface area contributed by atoms with E-state index in [0.29, 0.717) is 11.6 Å². The smallest absolute Gasteiger partial charge is 0.251 e. The minimum absolute atomic E-state index is 0.0460. The zero-order valence-electron chi connectivity index (χ0n) is 11.8. The Morgan fingerprint density at radius 2 is 1.95 bits per heavy atom. The molecule has 1 heterocycles.